The molecule has 1 aromatic carbocycles. The van der Waals surface area contributed by atoms with Gasteiger partial charge in [-0.25, -0.2) is 0 Å². The number of allylic oxidation sites excluding steroid dienone is 2. The molecule has 1 aliphatic carbocycles. The van der Waals surface area contributed by atoms with Gasteiger partial charge in [0, 0.05) is 0 Å². The SMILES string of the molecule is COc1ccc(C2=C(C=O)CCC2)cc1. The Hall–Kier alpha value is -1.57. The number of methoxy groups -OCH3 is 1. The van der Waals surface area contributed by atoms with Crippen LogP contribution in [0.1, 0.15) is 24.8 Å². The third kappa shape index (κ3) is 1.94. The van der Waals surface area contributed by atoms with Crippen molar-refractivity contribution in [2.75, 3.05) is 7.11 Å². The molecular weight excluding hydrogens is 188 g/mol. The van der Waals surface area contributed by atoms with Crippen molar-refractivity contribution in [3.05, 3.63) is 35.4 Å². The molecular formula is C13H14O2. The molecule has 0 bridgehead atoms. The molecule has 0 heterocycles. The Labute approximate surface area is 89.6 Å². The van der Waals surface area contributed by atoms with Crippen LogP contribution in [0.4, 0.5) is 0 Å². The highest BCUT2D eigenvalue weighted by molar-refractivity contribution is 5.89. The number of hydrogen-bond acceptors (Lipinski definition) is 2. The summed E-state index contributed by atoms with van der Waals surface area (Å²) < 4.78 is 5.10. The third-order valence-electron chi connectivity index (χ3n) is 2.84. The van der Waals surface area contributed by atoms with Gasteiger partial charge in [0.15, 0.2) is 0 Å². The molecule has 0 spiro atoms. The van der Waals surface area contributed by atoms with Crippen LogP contribution in [0.3, 0.4) is 0 Å². The van der Waals surface area contributed by atoms with E-state index in [1.807, 2.05) is 24.3 Å². The Morgan fingerprint density at radius 1 is 1.20 bits per heavy atom. The van der Waals surface area contributed by atoms with Crippen molar-refractivity contribution in [2.24, 2.45) is 0 Å². The molecule has 0 N–H and O–H groups in total. The molecule has 0 radical (unpaired) electrons. The lowest BCUT2D eigenvalue weighted by Gasteiger charge is -2.05. The number of carbonyl (C=O) groups excluding carboxylic acids is 1. The zero-order valence-electron chi connectivity index (χ0n) is 8.82. The van der Waals surface area contributed by atoms with Crippen LogP contribution in [0.5, 0.6) is 5.75 Å². The monoisotopic (exact) mass is 202 g/mol. The van der Waals surface area contributed by atoms with Crippen LogP contribution in [-0.4, -0.2) is 13.4 Å². The summed E-state index contributed by atoms with van der Waals surface area (Å²) in [6.07, 6.45) is 4.02. The fourth-order valence-corrected chi connectivity index (χ4v) is 2.02. The molecule has 0 amide bonds. The average Bonchev–Trinajstić information content (AvgIpc) is 2.77. The lowest BCUT2D eigenvalue weighted by Crippen LogP contribution is -1.87. The van der Waals surface area contributed by atoms with Crippen LogP contribution >= 0.6 is 0 Å². The van der Waals surface area contributed by atoms with Gasteiger partial charge in [-0.15, -0.1) is 0 Å². The van der Waals surface area contributed by atoms with Crippen LogP contribution in [0.25, 0.3) is 5.57 Å². The number of hydrogen-bond donors (Lipinski definition) is 0. The molecule has 2 rings (SSSR count). The Bertz CT molecular complexity index is 388. The molecule has 0 aromatic heterocycles. The third-order valence-corrected chi connectivity index (χ3v) is 2.84. The highest BCUT2D eigenvalue weighted by Gasteiger charge is 2.15. The minimum Gasteiger partial charge on any atom is -0.497 e. The van der Waals surface area contributed by atoms with Crippen molar-refractivity contribution in [3.8, 4) is 5.75 Å². The van der Waals surface area contributed by atoms with Gasteiger partial charge < -0.3 is 4.74 Å². The lowest BCUT2D eigenvalue weighted by atomic mass is 10.0. The Morgan fingerprint density at radius 2 is 1.93 bits per heavy atom. The van der Waals surface area contributed by atoms with Crippen molar-refractivity contribution in [3.63, 3.8) is 0 Å². The number of benzene rings is 1. The van der Waals surface area contributed by atoms with Crippen LogP contribution in [0.2, 0.25) is 0 Å². The second kappa shape index (κ2) is 4.30. The van der Waals surface area contributed by atoms with Crippen molar-refractivity contribution in [2.45, 2.75) is 19.3 Å². The van der Waals surface area contributed by atoms with Crippen molar-refractivity contribution in [1.29, 1.82) is 0 Å². The van der Waals surface area contributed by atoms with E-state index in [1.54, 1.807) is 7.11 Å². The maximum atomic E-state index is 10.8. The second-order valence-corrected chi connectivity index (χ2v) is 3.70. The van der Waals surface area contributed by atoms with Crippen LogP contribution in [0.15, 0.2) is 29.8 Å². The first-order valence-electron chi connectivity index (χ1n) is 5.17. The quantitative estimate of drug-likeness (QED) is 0.704. The van der Waals surface area contributed by atoms with E-state index in [0.29, 0.717) is 0 Å². The average molecular weight is 202 g/mol. The summed E-state index contributed by atoms with van der Waals surface area (Å²) in [5, 5.41) is 0. The van der Waals surface area contributed by atoms with Gasteiger partial charge in [0.2, 0.25) is 0 Å². The first-order valence-corrected chi connectivity index (χ1v) is 5.17. The van der Waals surface area contributed by atoms with Crippen LogP contribution < -0.4 is 4.74 Å². The molecule has 0 aliphatic heterocycles. The molecule has 78 valence electrons. The van der Waals surface area contributed by atoms with Crippen LogP contribution in [-0.2, 0) is 4.79 Å². The molecule has 15 heavy (non-hydrogen) atoms. The van der Waals surface area contributed by atoms with E-state index < -0.39 is 0 Å². The van der Waals surface area contributed by atoms with E-state index in [4.69, 9.17) is 4.74 Å². The van der Waals surface area contributed by atoms with E-state index in [2.05, 4.69) is 0 Å². The van der Waals surface area contributed by atoms with Gasteiger partial charge in [-0.3, -0.25) is 4.79 Å². The standard InChI is InChI=1S/C13H14O2/c1-15-12-7-5-10(6-8-12)13-4-2-3-11(13)9-14/h5-9H,2-4H2,1H3. The number of aldehydes is 1. The fraction of sp³-hybridized carbons (Fsp3) is 0.308. The molecule has 1 aliphatic rings. The van der Waals surface area contributed by atoms with E-state index in [9.17, 15) is 4.79 Å². The van der Waals surface area contributed by atoms with E-state index in [1.165, 1.54) is 5.57 Å². The molecule has 0 unspecified atom stereocenters. The summed E-state index contributed by atoms with van der Waals surface area (Å²) >= 11 is 0. The number of ether oxygens (including phenoxy) is 1. The van der Waals surface area contributed by atoms with E-state index in [0.717, 1.165) is 42.4 Å². The summed E-state index contributed by atoms with van der Waals surface area (Å²) in [5.74, 6) is 0.852. The highest BCUT2D eigenvalue weighted by atomic mass is 16.5. The second-order valence-electron chi connectivity index (χ2n) is 3.70. The Morgan fingerprint density at radius 3 is 2.53 bits per heavy atom. The van der Waals surface area contributed by atoms with Gasteiger partial charge in [-0.05, 0) is 48.1 Å². The molecule has 2 nitrogen and oxygen atoms in total. The first-order chi connectivity index (χ1) is 7.35. The van der Waals surface area contributed by atoms with Gasteiger partial charge >= 0.3 is 0 Å². The van der Waals surface area contributed by atoms with Gasteiger partial charge in [0.25, 0.3) is 0 Å². The van der Waals surface area contributed by atoms with Crippen LogP contribution in [0, 0.1) is 0 Å². The summed E-state index contributed by atoms with van der Waals surface area (Å²) in [6.45, 7) is 0. The number of rotatable bonds is 3. The molecule has 2 heteroatoms. The maximum absolute atomic E-state index is 10.8. The summed E-state index contributed by atoms with van der Waals surface area (Å²) in [4.78, 5) is 10.8. The minimum atomic E-state index is 0.852. The molecule has 0 saturated carbocycles. The van der Waals surface area contributed by atoms with E-state index >= 15 is 0 Å². The molecule has 0 saturated heterocycles. The summed E-state index contributed by atoms with van der Waals surface area (Å²) in [6, 6.07) is 7.90. The smallest absolute Gasteiger partial charge is 0.146 e. The zero-order chi connectivity index (χ0) is 10.7. The first kappa shape index (κ1) is 9.97. The summed E-state index contributed by atoms with van der Waals surface area (Å²) in [5.41, 5.74) is 3.31. The van der Waals surface area contributed by atoms with Gasteiger partial charge in [0.1, 0.15) is 12.0 Å². The number of carbonyl (C=O) groups is 1. The molecule has 0 atom stereocenters. The molecule has 1 aromatic rings. The Kier molecular flexibility index (Phi) is 2.86. The van der Waals surface area contributed by atoms with Gasteiger partial charge in [-0.1, -0.05) is 12.1 Å². The van der Waals surface area contributed by atoms with Gasteiger partial charge in [0.05, 0.1) is 7.11 Å². The minimum absolute atomic E-state index is 0.852. The predicted octanol–water partition coefficient (Wildman–Crippen LogP) is 2.83. The summed E-state index contributed by atoms with van der Waals surface area (Å²) in [7, 11) is 1.65. The fourth-order valence-electron chi connectivity index (χ4n) is 2.02. The maximum Gasteiger partial charge on any atom is 0.146 e. The predicted molar refractivity (Wildman–Crippen MR) is 59.8 cm³/mol. The van der Waals surface area contributed by atoms with Crippen molar-refractivity contribution >= 4 is 11.9 Å². The van der Waals surface area contributed by atoms with E-state index in [-0.39, 0.29) is 0 Å². The molecule has 0 fully saturated rings. The normalized spacial score (nSPS) is 15.5. The van der Waals surface area contributed by atoms with Crippen molar-refractivity contribution < 1.29 is 9.53 Å². The largest absolute Gasteiger partial charge is 0.497 e. The highest BCUT2D eigenvalue weighted by Crippen LogP contribution is 2.33. The zero-order valence-corrected chi connectivity index (χ0v) is 8.82. The Balaban J connectivity index is 2.33. The van der Waals surface area contributed by atoms with Crippen molar-refractivity contribution in [1.82, 2.24) is 0 Å². The van der Waals surface area contributed by atoms with Gasteiger partial charge in [-0.2, -0.15) is 0 Å². The topological polar surface area (TPSA) is 26.3 Å². The lowest BCUT2D eigenvalue weighted by molar-refractivity contribution is -0.104.